The molecule has 0 amide bonds. The van der Waals surface area contributed by atoms with Gasteiger partial charge in [-0.25, -0.2) is 4.79 Å². The van der Waals surface area contributed by atoms with Crippen molar-refractivity contribution in [1.82, 2.24) is 0 Å². The minimum Gasteiger partial charge on any atom is -0.476 e. The van der Waals surface area contributed by atoms with Crippen molar-refractivity contribution in [3.63, 3.8) is 0 Å². The SMILES string of the molecule is CCC/C(C)=C(/F)C(=O)O. The third-order valence-corrected chi connectivity index (χ3v) is 1.19. The molecular weight excluding hydrogens is 135 g/mol. The summed E-state index contributed by atoms with van der Waals surface area (Å²) in [5.74, 6) is -2.48. The number of carbonyl (C=O) groups is 1. The van der Waals surface area contributed by atoms with Crippen molar-refractivity contribution in [2.24, 2.45) is 0 Å². The summed E-state index contributed by atoms with van der Waals surface area (Å²) in [5.41, 5.74) is 0.315. The highest BCUT2D eigenvalue weighted by Crippen LogP contribution is 2.11. The lowest BCUT2D eigenvalue weighted by Crippen LogP contribution is -1.97. The van der Waals surface area contributed by atoms with Gasteiger partial charge in [-0.05, 0) is 18.9 Å². The van der Waals surface area contributed by atoms with Crippen LogP contribution in [-0.2, 0) is 4.79 Å². The molecule has 0 aromatic heterocycles. The molecule has 0 heterocycles. The Morgan fingerprint density at radius 3 is 2.40 bits per heavy atom. The van der Waals surface area contributed by atoms with Gasteiger partial charge in [-0.3, -0.25) is 0 Å². The zero-order valence-corrected chi connectivity index (χ0v) is 6.15. The summed E-state index contributed by atoms with van der Waals surface area (Å²) in [6.45, 7) is 3.37. The van der Waals surface area contributed by atoms with Crippen molar-refractivity contribution in [2.45, 2.75) is 26.7 Å². The van der Waals surface area contributed by atoms with Gasteiger partial charge in [-0.15, -0.1) is 0 Å². The molecule has 10 heavy (non-hydrogen) atoms. The Morgan fingerprint density at radius 2 is 2.10 bits per heavy atom. The molecule has 0 fully saturated rings. The first-order valence-electron chi connectivity index (χ1n) is 3.18. The van der Waals surface area contributed by atoms with Crippen LogP contribution in [-0.4, -0.2) is 11.1 Å². The van der Waals surface area contributed by atoms with Gasteiger partial charge in [0.1, 0.15) is 0 Å². The largest absolute Gasteiger partial charge is 0.476 e. The van der Waals surface area contributed by atoms with Crippen molar-refractivity contribution in [3.8, 4) is 0 Å². The van der Waals surface area contributed by atoms with Gasteiger partial charge in [-0.1, -0.05) is 13.3 Å². The molecule has 0 atom stereocenters. The van der Waals surface area contributed by atoms with Crippen LogP contribution in [0.1, 0.15) is 26.7 Å². The molecule has 0 aliphatic heterocycles. The quantitative estimate of drug-likeness (QED) is 0.619. The Balaban J connectivity index is 4.19. The Hall–Kier alpha value is -0.860. The molecule has 0 spiro atoms. The molecule has 0 rings (SSSR count). The third kappa shape index (κ3) is 2.62. The van der Waals surface area contributed by atoms with Crippen LogP contribution in [0, 0.1) is 0 Å². The maximum absolute atomic E-state index is 12.4. The van der Waals surface area contributed by atoms with Crippen LogP contribution < -0.4 is 0 Å². The number of rotatable bonds is 3. The maximum atomic E-state index is 12.4. The molecule has 0 unspecified atom stereocenters. The maximum Gasteiger partial charge on any atom is 0.364 e. The van der Waals surface area contributed by atoms with Crippen LogP contribution in [0.2, 0.25) is 0 Å². The smallest absolute Gasteiger partial charge is 0.364 e. The van der Waals surface area contributed by atoms with Gasteiger partial charge in [0.15, 0.2) is 0 Å². The van der Waals surface area contributed by atoms with E-state index in [1.165, 1.54) is 6.92 Å². The Labute approximate surface area is 59.4 Å². The van der Waals surface area contributed by atoms with Crippen molar-refractivity contribution < 1.29 is 14.3 Å². The van der Waals surface area contributed by atoms with Crippen LogP contribution >= 0.6 is 0 Å². The fourth-order valence-corrected chi connectivity index (χ4v) is 0.667. The minimum absolute atomic E-state index is 0.315. The summed E-state index contributed by atoms with van der Waals surface area (Å²) in [6.07, 6.45) is 1.28. The zero-order chi connectivity index (χ0) is 8.15. The lowest BCUT2D eigenvalue weighted by molar-refractivity contribution is -0.134. The average molecular weight is 146 g/mol. The lowest BCUT2D eigenvalue weighted by Gasteiger charge is -1.96. The highest BCUT2D eigenvalue weighted by Gasteiger charge is 2.08. The van der Waals surface area contributed by atoms with Crippen LogP contribution in [0.3, 0.4) is 0 Å². The van der Waals surface area contributed by atoms with Crippen molar-refractivity contribution in [2.75, 3.05) is 0 Å². The average Bonchev–Trinajstić information content (AvgIpc) is 1.87. The van der Waals surface area contributed by atoms with Crippen molar-refractivity contribution in [1.29, 1.82) is 0 Å². The first-order valence-corrected chi connectivity index (χ1v) is 3.18. The van der Waals surface area contributed by atoms with E-state index in [0.717, 1.165) is 6.42 Å². The molecule has 0 aromatic rings. The van der Waals surface area contributed by atoms with E-state index in [1.54, 1.807) is 0 Å². The summed E-state index contributed by atoms with van der Waals surface area (Å²) < 4.78 is 12.4. The number of hydrogen-bond acceptors (Lipinski definition) is 1. The van der Waals surface area contributed by atoms with Crippen LogP contribution in [0.25, 0.3) is 0 Å². The Bertz CT molecular complexity index is 161. The van der Waals surface area contributed by atoms with Crippen LogP contribution in [0.5, 0.6) is 0 Å². The first kappa shape index (κ1) is 9.14. The molecule has 0 aliphatic rings. The number of aliphatic carboxylic acids is 1. The van der Waals surface area contributed by atoms with Gasteiger partial charge in [0, 0.05) is 0 Å². The second-order valence-electron chi connectivity index (χ2n) is 2.15. The zero-order valence-electron chi connectivity index (χ0n) is 6.15. The van der Waals surface area contributed by atoms with E-state index in [-0.39, 0.29) is 0 Å². The minimum atomic E-state index is -1.47. The summed E-state index contributed by atoms with van der Waals surface area (Å²) in [5, 5.41) is 8.15. The van der Waals surface area contributed by atoms with E-state index in [4.69, 9.17) is 5.11 Å². The predicted molar refractivity (Wildman–Crippen MR) is 36.4 cm³/mol. The molecule has 1 N–H and O–H groups in total. The normalized spacial score (nSPS) is 12.7. The van der Waals surface area contributed by atoms with Crippen LogP contribution in [0.15, 0.2) is 11.4 Å². The standard InChI is InChI=1S/C7H11FO2/c1-3-4-5(2)6(8)7(9)10/h3-4H2,1-2H3,(H,9,10)/b6-5+. The fourth-order valence-electron chi connectivity index (χ4n) is 0.667. The van der Waals surface area contributed by atoms with E-state index in [1.807, 2.05) is 6.92 Å². The van der Waals surface area contributed by atoms with E-state index in [9.17, 15) is 9.18 Å². The van der Waals surface area contributed by atoms with E-state index < -0.39 is 11.8 Å². The number of hydrogen-bond donors (Lipinski definition) is 1. The van der Waals surface area contributed by atoms with Gasteiger partial charge in [0.25, 0.3) is 0 Å². The topological polar surface area (TPSA) is 37.3 Å². The van der Waals surface area contributed by atoms with Crippen molar-refractivity contribution >= 4 is 5.97 Å². The Kier molecular flexibility index (Phi) is 3.69. The highest BCUT2D eigenvalue weighted by molar-refractivity contribution is 5.84. The number of halogens is 1. The molecule has 0 aliphatic carbocycles. The summed E-state index contributed by atoms with van der Waals surface area (Å²) in [6, 6.07) is 0. The molecule has 3 heteroatoms. The number of carboxylic acids is 1. The monoisotopic (exact) mass is 146 g/mol. The molecular formula is C7H11FO2. The van der Waals surface area contributed by atoms with Crippen LogP contribution in [0.4, 0.5) is 4.39 Å². The van der Waals surface area contributed by atoms with Gasteiger partial charge in [0.05, 0.1) is 0 Å². The van der Waals surface area contributed by atoms with Crippen molar-refractivity contribution in [3.05, 3.63) is 11.4 Å². The molecule has 0 bridgehead atoms. The molecule has 0 saturated carbocycles. The summed E-state index contributed by atoms with van der Waals surface area (Å²) in [7, 11) is 0. The number of carboxylic acid groups (broad SMARTS) is 1. The summed E-state index contributed by atoms with van der Waals surface area (Å²) in [4.78, 5) is 9.98. The van der Waals surface area contributed by atoms with Gasteiger partial charge in [0.2, 0.25) is 5.83 Å². The predicted octanol–water partition coefficient (Wildman–Crippen LogP) is 2.11. The molecule has 2 nitrogen and oxygen atoms in total. The van der Waals surface area contributed by atoms with E-state index >= 15 is 0 Å². The first-order chi connectivity index (χ1) is 4.59. The lowest BCUT2D eigenvalue weighted by atomic mass is 10.1. The molecule has 0 radical (unpaired) electrons. The summed E-state index contributed by atoms with van der Waals surface area (Å²) >= 11 is 0. The van der Waals surface area contributed by atoms with Gasteiger partial charge < -0.3 is 5.11 Å². The fraction of sp³-hybridized carbons (Fsp3) is 0.571. The third-order valence-electron chi connectivity index (χ3n) is 1.19. The second kappa shape index (κ2) is 4.04. The number of allylic oxidation sites excluding steroid dienone is 1. The van der Waals surface area contributed by atoms with E-state index in [0.29, 0.717) is 12.0 Å². The van der Waals surface area contributed by atoms with Gasteiger partial charge >= 0.3 is 5.97 Å². The van der Waals surface area contributed by atoms with E-state index in [2.05, 4.69) is 0 Å². The molecule has 0 saturated heterocycles. The second-order valence-corrected chi connectivity index (χ2v) is 2.15. The molecule has 58 valence electrons. The Morgan fingerprint density at radius 1 is 1.60 bits per heavy atom. The highest BCUT2D eigenvalue weighted by atomic mass is 19.1. The molecule has 0 aromatic carbocycles. The van der Waals surface area contributed by atoms with Gasteiger partial charge in [-0.2, -0.15) is 4.39 Å².